The average Bonchev–Trinajstić information content (AvgIpc) is 1.38. The van der Waals surface area contributed by atoms with Crippen LogP contribution in [0.3, 0.4) is 0 Å². The van der Waals surface area contributed by atoms with E-state index in [1.165, 1.54) is 0 Å². The second-order valence-corrected chi connectivity index (χ2v) is 1.03. The van der Waals surface area contributed by atoms with Gasteiger partial charge in [-0.3, -0.25) is 9.09 Å². The van der Waals surface area contributed by atoms with Gasteiger partial charge in [-0.05, 0) is 0 Å². The molecule has 8 heavy (non-hydrogen) atoms. The standard InChI is InChI=1S/Al.FHO3Si.K.Mg.6H/c;1-4-5(2)3;;;;;;;;/h;2H;;;;;;;;. The summed E-state index contributed by atoms with van der Waals surface area (Å²) in [6.45, 7) is 0. The molecule has 0 aliphatic carbocycles. The summed E-state index contributed by atoms with van der Waals surface area (Å²) in [6, 6.07) is 0. The first-order valence-electron chi connectivity index (χ1n) is 0.786. The van der Waals surface area contributed by atoms with Gasteiger partial charge >= 0.3 is 83.6 Å². The summed E-state index contributed by atoms with van der Waals surface area (Å²) in [5.41, 5.74) is 0. The van der Waals surface area contributed by atoms with E-state index >= 15 is 0 Å². The van der Waals surface area contributed by atoms with Crippen LogP contribution in [0.4, 0.5) is 4.53 Å². The van der Waals surface area contributed by atoms with Crippen LogP contribution in [0.1, 0.15) is 0 Å². The quantitative estimate of drug-likeness (QED) is 0.440. The summed E-state index contributed by atoms with van der Waals surface area (Å²) >= 11 is 0. The molecule has 0 bridgehead atoms. The first kappa shape index (κ1) is 22.4. The third kappa shape index (κ3) is 23.6. The Bertz CT molecular complexity index is 54.5. The zero-order valence-corrected chi connectivity index (χ0v) is 3.14. The molecule has 0 amide bonds. The first-order valence-corrected chi connectivity index (χ1v) is 2.05. The minimum atomic E-state index is -3.29. The normalized spacial score (nSPS) is 4.12. The molecule has 0 radical (unpaired) electrons. The van der Waals surface area contributed by atoms with Crippen LogP contribution in [0, 0.1) is 0 Å². The molecular weight excluding hydrogens is 185 g/mol. The summed E-state index contributed by atoms with van der Waals surface area (Å²) in [5.74, 6) is 0. The van der Waals surface area contributed by atoms with Gasteiger partial charge in [0.05, 0.1) is 0 Å². The molecule has 3 nitrogen and oxygen atoms in total. The van der Waals surface area contributed by atoms with Gasteiger partial charge in [0.1, 0.15) is 0 Å². The van der Waals surface area contributed by atoms with Gasteiger partial charge in [0.15, 0.2) is 17.4 Å². The Morgan fingerprint density at radius 2 is 1.75 bits per heavy atom. The van der Waals surface area contributed by atoms with E-state index in [0.29, 0.717) is 0 Å². The molecule has 0 saturated carbocycles. The van der Waals surface area contributed by atoms with Crippen molar-refractivity contribution in [2.75, 3.05) is 0 Å². The van der Waals surface area contributed by atoms with Crippen molar-refractivity contribution in [3.8, 4) is 0 Å². The molecule has 8 heteroatoms. The Balaban J connectivity index is -0.0000000267. The van der Waals surface area contributed by atoms with E-state index in [1.807, 2.05) is 0 Å². The average molecular weight is 193 g/mol. The van der Waals surface area contributed by atoms with Crippen molar-refractivity contribution in [3.63, 3.8) is 0 Å². The minimum Gasteiger partial charge on any atom is 0.316 e. The molecule has 0 aromatic carbocycles. The predicted octanol–water partition coefficient (Wildman–Crippen LogP) is -3.45. The summed E-state index contributed by atoms with van der Waals surface area (Å²) in [7, 11) is -3.29. The second-order valence-electron chi connectivity index (χ2n) is 0.343. The van der Waals surface area contributed by atoms with Crippen LogP contribution in [0.5, 0.6) is 0 Å². The smallest absolute Gasteiger partial charge is 0.316 e. The molecule has 0 aliphatic heterocycles. The molecular formula is H7AlFKMgO3Si. The molecule has 0 spiro atoms. The van der Waals surface area contributed by atoms with Gasteiger partial charge in [-0.25, -0.2) is 0 Å². The van der Waals surface area contributed by atoms with Crippen LogP contribution in [0.15, 0.2) is 0 Å². The van der Waals surface area contributed by atoms with Crippen molar-refractivity contribution in [1.82, 2.24) is 0 Å². The molecule has 0 rings (SSSR count). The maximum absolute atomic E-state index is 10.1. The minimum absolute atomic E-state index is 0. The molecule has 0 unspecified atom stereocenters. The van der Waals surface area contributed by atoms with E-state index in [2.05, 4.69) is 4.63 Å². The van der Waals surface area contributed by atoms with Crippen LogP contribution >= 0.6 is 0 Å². The number of rotatable bonds is 1. The van der Waals surface area contributed by atoms with E-state index in [9.17, 15) is 4.53 Å². The maximum atomic E-state index is 10.1. The maximum Gasteiger partial charge on any atom is 0.316 e. The Hall–Kier alpha value is 2.48. The number of halogens is 1. The Morgan fingerprint density at radius 1 is 1.62 bits per heavy atom. The van der Waals surface area contributed by atoms with Crippen LogP contribution in [-0.2, 0) is 9.09 Å². The third-order valence-corrected chi connectivity index (χ3v) is 0.198. The van der Waals surface area contributed by atoms with Crippen molar-refractivity contribution < 1.29 is 18.4 Å². The largest absolute Gasteiger partial charge is 0.316 e. The summed E-state index contributed by atoms with van der Waals surface area (Å²) in [6.07, 6.45) is 0. The molecule has 0 fully saturated rings. The van der Waals surface area contributed by atoms with E-state index in [0.717, 1.165) is 0 Å². The molecule has 0 atom stereocenters. The number of hydrogen-bond acceptors (Lipinski definition) is 2. The van der Waals surface area contributed by atoms with Crippen molar-refractivity contribution in [2.24, 2.45) is 0 Å². The van der Waals surface area contributed by atoms with E-state index < -0.39 is 9.17 Å². The zero-order valence-electron chi connectivity index (χ0n) is 2.14. The van der Waals surface area contributed by atoms with Crippen LogP contribution in [0.25, 0.3) is 0 Å². The molecule has 0 aromatic heterocycles. The molecule has 0 saturated heterocycles. The van der Waals surface area contributed by atoms with E-state index in [-0.39, 0.29) is 91.8 Å². The molecule has 0 heterocycles. The SMILES string of the molecule is O=[Si](O)OF.[AlH3].[KH].[MgH2]. The molecule has 1 N–H and O–H groups in total. The van der Waals surface area contributed by atoms with E-state index in [4.69, 9.17) is 9.26 Å². The number of hydrogen-bond donors (Lipinski definition) is 1. The Morgan fingerprint density at radius 3 is 1.75 bits per heavy atom. The van der Waals surface area contributed by atoms with Gasteiger partial charge in [0.25, 0.3) is 0 Å². The fourth-order valence-corrected chi connectivity index (χ4v) is 0. The van der Waals surface area contributed by atoms with E-state index in [1.54, 1.807) is 0 Å². The summed E-state index contributed by atoms with van der Waals surface area (Å²) in [4.78, 5) is 7.31. The molecule has 0 aliphatic rings. The monoisotopic (exact) mass is 192 g/mol. The van der Waals surface area contributed by atoms with Crippen LogP contribution in [-0.4, -0.2) is 106 Å². The van der Waals surface area contributed by atoms with Gasteiger partial charge in [0.2, 0.25) is 0 Å². The predicted molar refractivity (Wildman–Crippen MR) is 36.5 cm³/mol. The fourth-order valence-electron chi connectivity index (χ4n) is 0. The van der Waals surface area contributed by atoms with Gasteiger partial charge in [0, 0.05) is 4.53 Å². The van der Waals surface area contributed by atoms with Crippen LogP contribution < -0.4 is 0 Å². The Labute approximate surface area is 117 Å². The Kier molecular flexibility index (Phi) is 45.5. The fraction of sp³-hybridized carbons (Fsp3) is 0. The van der Waals surface area contributed by atoms with Crippen molar-refractivity contribution in [3.05, 3.63) is 0 Å². The first-order chi connectivity index (χ1) is 2.27. The van der Waals surface area contributed by atoms with Crippen LogP contribution in [0.2, 0.25) is 0 Å². The molecule has 0 aromatic rings. The topological polar surface area (TPSA) is 46.5 Å². The molecule has 42 valence electrons. The van der Waals surface area contributed by atoms with Gasteiger partial charge in [-0.1, -0.05) is 0 Å². The zero-order chi connectivity index (χ0) is 4.28. The van der Waals surface area contributed by atoms with Crippen molar-refractivity contribution >= 4 is 101 Å². The van der Waals surface area contributed by atoms with Crippen molar-refractivity contribution in [2.45, 2.75) is 0 Å². The summed E-state index contributed by atoms with van der Waals surface area (Å²) < 4.78 is 21.4. The third-order valence-electron chi connectivity index (χ3n) is 0.0660. The van der Waals surface area contributed by atoms with Gasteiger partial charge < -0.3 is 4.80 Å². The van der Waals surface area contributed by atoms with Crippen molar-refractivity contribution in [1.29, 1.82) is 0 Å². The van der Waals surface area contributed by atoms with Gasteiger partial charge in [-0.15, -0.1) is 0 Å². The van der Waals surface area contributed by atoms with Gasteiger partial charge in [-0.2, -0.15) is 0 Å². The second kappa shape index (κ2) is 16.2. The summed E-state index contributed by atoms with van der Waals surface area (Å²) in [5, 5.41) is 0.